The van der Waals surface area contributed by atoms with Crippen LogP contribution in [0.25, 0.3) is 11.1 Å². The van der Waals surface area contributed by atoms with Crippen LogP contribution >= 0.6 is 0 Å². The van der Waals surface area contributed by atoms with Crippen LogP contribution < -0.4 is 15.5 Å². The molecule has 10 heteroatoms. The number of anilines is 2. The summed E-state index contributed by atoms with van der Waals surface area (Å²) >= 11 is 0. The van der Waals surface area contributed by atoms with Gasteiger partial charge in [0.2, 0.25) is 0 Å². The number of hydrogen-bond acceptors (Lipinski definition) is 8. The van der Waals surface area contributed by atoms with E-state index in [4.69, 9.17) is 14.5 Å². The maximum absolute atomic E-state index is 14.5. The number of ether oxygens (including phenoxy) is 1. The average Bonchev–Trinajstić information content (AvgIpc) is 3.34. The number of rotatable bonds is 5. The van der Waals surface area contributed by atoms with Crippen molar-refractivity contribution in [2.45, 2.75) is 6.10 Å². The Morgan fingerprint density at radius 1 is 1.26 bits per heavy atom. The van der Waals surface area contributed by atoms with E-state index in [9.17, 15) is 9.18 Å². The van der Waals surface area contributed by atoms with Crippen LogP contribution in [0, 0.1) is 34.9 Å². The zero-order chi connectivity index (χ0) is 23.5. The third-order valence-corrected chi connectivity index (χ3v) is 6.30. The van der Waals surface area contributed by atoms with E-state index in [-0.39, 0.29) is 6.10 Å². The fourth-order valence-corrected chi connectivity index (χ4v) is 4.40. The van der Waals surface area contributed by atoms with Crippen LogP contribution in [0.2, 0.25) is 0 Å². The average molecular weight is 462 g/mol. The number of nitrogens with one attached hydrogen (secondary N) is 2. The first-order valence-electron chi connectivity index (χ1n) is 11.1. The number of amides is 1. The number of fused-ring (bicyclic) bond motifs is 1. The van der Waals surface area contributed by atoms with Gasteiger partial charge in [-0.15, -0.1) is 0 Å². The highest BCUT2D eigenvalue weighted by molar-refractivity contribution is 5.90. The maximum Gasteiger partial charge on any atom is 0.414 e. The predicted octanol–water partition coefficient (Wildman–Crippen LogP) is 3.29. The van der Waals surface area contributed by atoms with Crippen LogP contribution in [-0.2, 0) is 4.74 Å². The number of piperidine rings is 1. The Balaban J connectivity index is 0.000000252. The van der Waals surface area contributed by atoms with Gasteiger partial charge < -0.3 is 19.9 Å². The predicted molar refractivity (Wildman–Crippen MR) is 121 cm³/mol. The topological polar surface area (TPSA) is 116 Å². The number of hydrogen-bond donors (Lipinski definition) is 2. The summed E-state index contributed by atoms with van der Waals surface area (Å²) < 4.78 is 24.6. The number of aromatic nitrogens is 2. The molecule has 1 aliphatic carbocycles. The van der Waals surface area contributed by atoms with Crippen molar-refractivity contribution >= 4 is 17.6 Å². The van der Waals surface area contributed by atoms with Crippen molar-refractivity contribution < 1.29 is 18.4 Å². The molecule has 1 amide bonds. The second-order valence-corrected chi connectivity index (χ2v) is 8.43. The van der Waals surface area contributed by atoms with Crippen LogP contribution in [0.1, 0.15) is 0 Å². The molecular weight excluding hydrogens is 439 g/mol. The number of halogens is 1. The number of carbonyl (C=O) groups excluding carboxylic acids is 1. The molecule has 2 saturated heterocycles. The summed E-state index contributed by atoms with van der Waals surface area (Å²) in [7, 11) is 0. The number of pyridine rings is 1. The summed E-state index contributed by atoms with van der Waals surface area (Å²) in [6.45, 7) is 2.87. The molecule has 3 aliphatic rings. The van der Waals surface area contributed by atoms with Gasteiger partial charge in [-0.25, -0.2) is 9.18 Å². The van der Waals surface area contributed by atoms with Crippen LogP contribution in [0.5, 0.6) is 0 Å². The van der Waals surface area contributed by atoms with Gasteiger partial charge in [-0.1, -0.05) is 11.2 Å². The minimum Gasteiger partial charge on any atom is -0.442 e. The highest BCUT2D eigenvalue weighted by atomic mass is 19.1. The Morgan fingerprint density at radius 2 is 2.12 bits per heavy atom. The minimum absolute atomic E-state index is 0.315. The van der Waals surface area contributed by atoms with Gasteiger partial charge >= 0.3 is 6.09 Å². The summed E-state index contributed by atoms with van der Waals surface area (Å²) in [6, 6.07) is 12.2. The molecule has 3 aromatic rings. The molecule has 2 unspecified atom stereocenters. The molecule has 3 fully saturated rings. The lowest BCUT2D eigenvalue weighted by Crippen LogP contribution is -2.27. The lowest BCUT2D eigenvalue weighted by molar-refractivity contribution is 0.147. The first kappa shape index (κ1) is 21.9. The van der Waals surface area contributed by atoms with E-state index in [2.05, 4.69) is 26.8 Å². The number of carbonyl (C=O) groups is 1. The molecule has 4 heterocycles. The van der Waals surface area contributed by atoms with Crippen molar-refractivity contribution in [3.05, 3.63) is 60.9 Å². The van der Waals surface area contributed by atoms with Gasteiger partial charge in [-0.05, 0) is 49.2 Å². The van der Waals surface area contributed by atoms with E-state index in [0.717, 1.165) is 24.9 Å². The molecule has 1 aromatic carbocycles. The van der Waals surface area contributed by atoms with Gasteiger partial charge in [0.05, 0.1) is 30.8 Å². The van der Waals surface area contributed by atoms with Crippen LogP contribution in [-0.4, -0.2) is 48.5 Å². The van der Waals surface area contributed by atoms with E-state index in [0.29, 0.717) is 41.6 Å². The van der Waals surface area contributed by atoms with Crippen LogP contribution in [0.3, 0.4) is 0 Å². The van der Waals surface area contributed by atoms with Crippen molar-refractivity contribution in [1.29, 1.82) is 5.26 Å². The molecule has 6 rings (SSSR count). The highest BCUT2D eigenvalue weighted by Gasteiger charge is 2.53. The van der Waals surface area contributed by atoms with Crippen molar-refractivity contribution in [3.63, 3.8) is 0 Å². The van der Waals surface area contributed by atoms with E-state index in [1.54, 1.807) is 42.7 Å². The van der Waals surface area contributed by atoms with Crippen molar-refractivity contribution in [2.24, 2.45) is 17.8 Å². The van der Waals surface area contributed by atoms with Gasteiger partial charge in [0.1, 0.15) is 18.2 Å². The molecule has 34 heavy (non-hydrogen) atoms. The summed E-state index contributed by atoms with van der Waals surface area (Å²) in [5.74, 6) is 2.00. The molecular formula is C24H23FN6O3. The standard InChI is InChI=1S/C18H15FN4O3.C6H8N2/c19-16-8-13(3-4-15(16)12-2-1-6-20-9-12)23-11-14(26-18(23)24)10-21-17-5-7-25-22-17;7-1-4-5-2-8-3-6(4)5/h1-9,14H,10-11H2,(H,21,22);4-6,8H,2-3H2/t;4?,5-,6+. The molecule has 2 aromatic heterocycles. The zero-order valence-electron chi connectivity index (χ0n) is 18.2. The molecule has 0 radical (unpaired) electrons. The molecule has 1 saturated carbocycles. The minimum atomic E-state index is -0.509. The quantitative estimate of drug-likeness (QED) is 0.593. The first-order valence-corrected chi connectivity index (χ1v) is 11.1. The van der Waals surface area contributed by atoms with Crippen molar-refractivity contribution in [2.75, 3.05) is 36.4 Å². The Hall–Kier alpha value is -3.97. The smallest absolute Gasteiger partial charge is 0.414 e. The summed E-state index contributed by atoms with van der Waals surface area (Å²) in [5, 5.41) is 18.4. The van der Waals surface area contributed by atoms with E-state index < -0.39 is 11.9 Å². The molecule has 0 spiro atoms. The van der Waals surface area contributed by atoms with Crippen molar-refractivity contribution in [3.8, 4) is 17.2 Å². The van der Waals surface area contributed by atoms with Crippen molar-refractivity contribution in [1.82, 2.24) is 15.5 Å². The normalized spacial score (nSPS) is 24.5. The molecule has 2 N–H and O–H groups in total. The zero-order valence-corrected chi connectivity index (χ0v) is 18.2. The number of nitriles is 1. The van der Waals surface area contributed by atoms with Gasteiger partial charge in [0.25, 0.3) is 0 Å². The molecule has 0 bridgehead atoms. The Labute approximate surface area is 195 Å². The Kier molecular flexibility index (Phi) is 6.10. The van der Waals surface area contributed by atoms with E-state index in [1.807, 2.05) is 0 Å². The second-order valence-electron chi connectivity index (χ2n) is 8.43. The maximum atomic E-state index is 14.5. The third kappa shape index (κ3) is 4.56. The fourth-order valence-electron chi connectivity index (χ4n) is 4.40. The van der Waals surface area contributed by atoms with Gasteiger partial charge in [-0.3, -0.25) is 9.88 Å². The van der Waals surface area contributed by atoms with E-state index in [1.165, 1.54) is 17.2 Å². The van der Waals surface area contributed by atoms with Gasteiger partial charge in [0, 0.05) is 29.6 Å². The van der Waals surface area contributed by atoms with Crippen LogP contribution in [0.15, 0.2) is 59.6 Å². The number of nitrogens with zero attached hydrogens (tertiary/aromatic N) is 4. The summed E-state index contributed by atoms with van der Waals surface area (Å²) in [6.07, 6.45) is 3.78. The molecule has 4 atom stereocenters. The molecule has 2 aliphatic heterocycles. The second kappa shape index (κ2) is 9.49. The van der Waals surface area contributed by atoms with Crippen LogP contribution in [0.4, 0.5) is 20.7 Å². The molecule has 174 valence electrons. The number of cyclic esters (lactones) is 1. The largest absolute Gasteiger partial charge is 0.442 e. The SMILES string of the molecule is N#CC1[C@H]2CNC[C@@H]12.O=C1OC(CNc2ccon2)CN1c1ccc(-c2cccnc2)c(F)c1. The molecule has 9 nitrogen and oxygen atoms in total. The lowest BCUT2D eigenvalue weighted by atomic mass is 10.1. The van der Waals surface area contributed by atoms with E-state index >= 15 is 0 Å². The summed E-state index contributed by atoms with van der Waals surface area (Å²) in [4.78, 5) is 17.5. The monoisotopic (exact) mass is 462 g/mol. The van der Waals surface area contributed by atoms with Gasteiger partial charge in [-0.2, -0.15) is 5.26 Å². The Morgan fingerprint density at radius 3 is 2.76 bits per heavy atom. The third-order valence-electron chi connectivity index (χ3n) is 6.30. The van der Waals surface area contributed by atoms with Gasteiger partial charge in [0.15, 0.2) is 5.82 Å². The number of benzene rings is 1. The fraction of sp³-hybridized carbons (Fsp3) is 0.333. The highest BCUT2D eigenvalue weighted by Crippen LogP contribution is 2.47. The Bertz CT molecular complexity index is 1170. The first-order chi connectivity index (χ1) is 16.6. The summed E-state index contributed by atoms with van der Waals surface area (Å²) in [5.41, 5.74) is 1.55. The lowest BCUT2D eigenvalue weighted by Gasteiger charge is -2.14.